The minimum absolute atomic E-state index is 0.244. The van der Waals surface area contributed by atoms with Gasteiger partial charge in [0.2, 0.25) is 0 Å². The van der Waals surface area contributed by atoms with Crippen molar-refractivity contribution in [3.8, 4) is 0 Å². The summed E-state index contributed by atoms with van der Waals surface area (Å²) < 4.78 is 5.11. The molecule has 1 heterocycles. The van der Waals surface area contributed by atoms with E-state index in [4.69, 9.17) is 4.74 Å². The molecule has 2 atom stereocenters. The summed E-state index contributed by atoms with van der Waals surface area (Å²) in [7, 11) is 0. The van der Waals surface area contributed by atoms with Crippen molar-refractivity contribution in [2.24, 2.45) is 0 Å². The average molecular weight is 156 g/mol. The maximum absolute atomic E-state index is 9.53. The fourth-order valence-electron chi connectivity index (χ4n) is 0.903. The van der Waals surface area contributed by atoms with Crippen molar-refractivity contribution in [1.29, 1.82) is 0 Å². The summed E-state index contributed by atoms with van der Waals surface area (Å²) in [5, 5.41) is 9.53. The van der Waals surface area contributed by atoms with Crippen LogP contribution >= 0.6 is 0 Å². The van der Waals surface area contributed by atoms with Gasteiger partial charge in [-0.05, 0) is 27.2 Å². The Balaban J connectivity index is 2.32. The fraction of sp³-hybridized carbons (Fsp3) is 0.778. The Morgan fingerprint density at radius 1 is 1.73 bits per heavy atom. The van der Waals surface area contributed by atoms with Crippen molar-refractivity contribution < 1.29 is 9.84 Å². The number of rotatable bonds is 3. The van der Waals surface area contributed by atoms with E-state index in [1.165, 1.54) is 5.57 Å². The summed E-state index contributed by atoms with van der Waals surface area (Å²) in [6, 6.07) is 0. The van der Waals surface area contributed by atoms with E-state index in [1.54, 1.807) is 0 Å². The Kier molecular flexibility index (Phi) is 2.35. The van der Waals surface area contributed by atoms with Gasteiger partial charge in [-0.2, -0.15) is 0 Å². The third-order valence-corrected chi connectivity index (χ3v) is 2.05. The van der Waals surface area contributed by atoms with Crippen LogP contribution in [-0.2, 0) is 4.74 Å². The van der Waals surface area contributed by atoms with Gasteiger partial charge in [0, 0.05) is 0 Å². The number of epoxide rings is 1. The quantitative estimate of drug-likeness (QED) is 0.496. The Hall–Kier alpha value is -0.340. The highest BCUT2D eigenvalue weighted by molar-refractivity contribution is 5.01. The predicted octanol–water partition coefficient (Wildman–Crippen LogP) is 1.49. The van der Waals surface area contributed by atoms with Gasteiger partial charge in [0.05, 0.1) is 12.7 Å². The molecule has 1 fully saturated rings. The Morgan fingerprint density at radius 2 is 2.27 bits per heavy atom. The third-order valence-electron chi connectivity index (χ3n) is 2.05. The van der Waals surface area contributed by atoms with Crippen LogP contribution in [0.5, 0.6) is 0 Å². The van der Waals surface area contributed by atoms with Crippen LogP contribution in [0.15, 0.2) is 11.6 Å². The maximum atomic E-state index is 9.53. The molecule has 2 nitrogen and oxygen atoms in total. The molecule has 11 heavy (non-hydrogen) atoms. The van der Waals surface area contributed by atoms with Crippen LogP contribution in [0, 0.1) is 0 Å². The third kappa shape index (κ3) is 2.31. The van der Waals surface area contributed by atoms with E-state index in [1.807, 2.05) is 26.8 Å². The van der Waals surface area contributed by atoms with Crippen LogP contribution in [-0.4, -0.2) is 23.4 Å². The van der Waals surface area contributed by atoms with E-state index < -0.39 is 0 Å². The Morgan fingerprint density at radius 3 is 2.64 bits per heavy atom. The van der Waals surface area contributed by atoms with Crippen molar-refractivity contribution in [3.05, 3.63) is 11.6 Å². The largest absolute Gasteiger partial charge is 0.390 e. The number of hydrogen-bond acceptors (Lipinski definition) is 2. The smallest absolute Gasteiger partial charge is 0.115 e. The first-order valence-electron chi connectivity index (χ1n) is 4.00. The molecule has 1 N–H and O–H groups in total. The standard InChI is InChI=1S/C9H16O2/c1-7(2)4-5-8(10)9(3)6-11-9/h4,8,10H,5-6H2,1-3H3/t8-,9+/m0/s1. The van der Waals surface area contributed by atoms with Gasteiger partial charge in [-0.25, -0.2) is 0 Å². The molecule has 0 aromatic carbocycles. The van der Waals surface area contributed by atoms with Gasteiger partial charge in [0.15, 0.2) is 0 Å². The Labute approximate surface area is 67.9 Å². The van der Waals surface area contributed by atoms with Gasteiger partial charge in [0.1, 0.15) is 5.60 Å². The molecule has 0 aliphatic carbocycles. The molecule has 0 amide bonds. The second-order valence-corrected chi connectivity index (χ2v) is 3.63. The first-order chi connectivity index (χ1) is 5.04. The predicted molar refractivity (Wildman–Crippen MR) is 44.4 cm³/mol. The molecule has 0 unspecified atom stereocenters. The second-order valence-electron chi connectivity index (χ2n) is 3.63. The highest BCUT2D eigenvalue weighted by Gasteiger charge is 2.45. The molecule has 0 radical (unpaired) electrons. The summed E-state index contributed by atoms with van der Waals surface area (Å²) >= 11 is 0. The molecule has 2 heteroatoms. The average Bonchev–Trinajstić information content (AvgIpc) is 2.64. The molecule has 1 saturated heterocycles. The highest BCUT2D eigenvalue weighted by atomic mass is 16.6. The lowest BCUT2D eigenvalue weighted by atomic mass is 10.0. The molecule has 64 valence electrons. The van der Waals surface area contributed by atoms with Gasteiger partial charge in [-0.15, -0.1) is 0 Å². The number of aliphatic hydroxyl groups excluding tert-OH is 1. The van der Waals surface area contributed by atoms with Crippen molar-refractivity contribution in [3.63, 3.8) is 0 Å². The minimum atomic E-state index is -0.336. The van der Waals surface area contributed by atoms with E-state index >= 15 is 0 Å². The summed E-state index contributed by atoms with van der Waals surface area (Å²) in [5.41, 5.74) is 1.000. The van der Waals surface area contributed by atoms with Crippen LogP contribution < -0.4 is 0 Å². The van der Waals surface area contributed by atoms with Gasteiger partial charge < -0.3 is 9.84 Å². The van der Waals surface area contributed by atoms with E-state index in [9.17, 15) is 5.11 Å². The lowest BCUT2D eigenvalue weighted by Gasteiger charge is -2.11. The lowest BCUT2D eigenvalue weighted by molar-refractivity contribution is 0.0872. The van der Waals surface area contributed by atoms with Gasteiger partial charge >= 0.3 is 0 Å². The second kappa shape index (κ2) is 2.95. The zero-order chi connectivity index (χ0) is 8.48. The summed E-state index contributed by atoms with van der Waals surface area (Å²) in [6.07, 6.45) is 2.41. The van der Waals surface area contributed by atoms with Crippen LogP contribution in [0.25, 0.3) is 0 Å². The van der Waals surface area contributed by atoms with Crippen LogP contribution in [0.4, 0.5) is 0 Å². The maximum Gasteiger partial charge on any atom is 0.115 e. The zero-order valence-electron chi connectivity index (χ0n) is 7.42. The number of ether oxygens (including phenoxy) is 1. The van der Waals surface area contributed by atoms with Gasteiger partial charge in [-0.3, -0.25) is 0 Å². The normalized spacial score (nSPS) is 31.3. The van der Waals surface area contributed by atoms with Crippen molar-refractivity contribution in [2.45, 2.75) is 38.9 Å². The summed E-state index contributed by atoms with van der Waals surface area (Å²) in [6.45, 7) is 6.70. The van der Waals surface area contributed by atoms with E-state index in [2.05, 4.69) is 0 Å². The number of allylic oxidation sites excluding steroid dienone is 1. The van der Waals surface area contributed by atoms with Crippen molar-refractivity contribution >= 4 is 0 Å². The number of aliphatic hydroxyl groups is 1. The lowest BCUT2D eigenvalue weighted by Crippen LogP contribution is -2.25. The number of hydrogen-bond donors (Lipinski definition) is 1. The molecular weight excluding hydrogens is 140 g/mol. The summed E-state index contributed by atoms with van der Waals surface area (Å²) in [5.74, 6) is 0. The van der Waals surface area contributed by atoms with E-state index in [0.717, 1.165) is 0 Å². The molecule has 0 spiro atoms. The van der Waals surface area contributed by atoms with Crippen LogP contribution in [0.3, 0.4) is 0 Å². The van der Waals surface area contributed by atoms with E-state index in [-0.39, 0.29) is 11.7 Å². The Bertz CT molecular complexity index is 164. The van der Waals surface area contributed by atoms with Crippen molar-refractivity contribution in [2.75, 3.05) is 6.61 Å². The zero-order valence-corrected chi connectivity index (χ0v) is 7.42. The van der Waals surface area contributed by atoms with E-state index in [0.29, 0.717) is 13.0 Å². The van der Waals surface area contributed by atoms with Crippen LogP contribution in [0.1, 0.15) is 27.2 Å². The fourth-order valence-corrected chi connectivity index (χ4v) is 0.903. The molecule has 1 aliphatic rings. The SMILES string of the molecule is CC(C)=CC[C@H](O)[C@@]1(C)CO1. The van der Waals surface area contributed by atoms with Gasteiger partial charge in [0.25, 0.3) is 0 Å². The monoisotopic (exact) mass is 156 g/mol. The molecule has 1 rings (SSSR count). The highest BCUT2D eigenvalue weighted by Crippen LogP contribution is 2.31. The molecule has 1 aliphatic heterocycles. The molecule has 0 bridgehead atoms. The molecule has 0 saturated carbocycles. The molecule has 0 aromatic rings. The first kappa shape index (κ1) is 8.75. The summed E-state index contributed by atoms with van der Waals surface area (Å²) in [4.78, 5) is 0. The first-order valence-corrected chi connectivity index (χ1v) is 4.00. The topological polar surface area (TPSA) is 32.8 Å². The molecular formula is C9H16O2. The van der Waals surface area contributed by atoms with Gasteiger partial charge in [-0.1, -0.05) is 11.6 Å². The van der Waals surface area contributed by atoms with Crippen molar-refractivity contribution in [1.82, 2.24) is 0 Å². The minimum Gasteiger partial charge on any atom is -0.390 e. The van der Waals surface area contributed by atoms with Crippen LogP contribution in [0.2, 0.25) is 0 Å². The molecule has 0 aromatic heterocycles.